The molecular weight excluding hydrogens is 358 g/mol. The number of carbonyl (C=O) groups is 3. The zero-order valence-corrected chi connectivity index (χ0v) is 14.5. The van der Waals surface area contributed by atoms with Crippen molar-refractivity contribution in [2.75, 3.05) is 11.9 Å². The number of halogens is 1. The second kappa shape index (κ2) is 7.41. The molecule has 0 unspecified atom stereocenters. The van der Waals surface area contributed by atoms with Crippen molar-refractivity contribution in [1.82, 2.24) is 0 Å². The van der Waals surface area contributed by atoms with Gasteiger partial charge in [-0.05, 0) is 43.3 Å². The Morgan fingerprint density at radius 2 is 1.92 bits per heavy atom. The highest BCUT2D eigenvalue weighted by atomic mass is 35.5. The number of carbonyl (C=O) groups excluding carboxylic acids is 3. The van der Waals surface area contributed by atoms with E-state index in [1.165, 1.54) is 13.0 Å². The summed E-state index contributed by atoms with van der Waals surface area (Å²) in [5, 5.41) is 3.74. The number of anilines is 1. The Balaban J connectivity index is 1.60. The van der Waals surface area contributed by atoms with Gasteiger partial charge in [0.2, 0.25) is 5.76 Å². The first kappa shape index (κ1) is 17.7. The number of furan rings is 1. The fourth-order valence-electron chi connectivity index (χ4n) is 2.33. The average Bonchev–Trinajstić information content (AvgIpc) is 3.03. The lowest BCUT2D eigenvalue weighted by molar-refractivity contribution is -0.119. The van der Waals surface area contributed by atoms with E-state index in [2.05, 4.69) is 5.32 Å². The maximum absolute atomic E-state index is 12.0. The molecule has 6 nitrogen and oxygen atoms in total. The number of esters is 1. The number of amides is 1. The lowest BCUT2D eigenvalue weighted by Gasteiger charge is -2.06. The predicted octanol–water partition coefficient (Wildman–Crippen LogP) is 4.08. The van der Waals surface area contributed by atoms with E-state index in [4.69, 9.17) is 20.8 Å². The summed E-state index contributed by atoms with van der Waals surface area (Å²) < 4.78 is 10.3. The third-order valence-corrected chi connectivity index (χ3v) is 3.80. The predicted molar refractivity (Wildman–Crippen MR) is 96.6 cm³/mol. The topological polar surface area (TPSA) is 85.6 Å². The molecule has 7 heteroatoms. The highest BCUT2D eigenvalue weighted by Crippen LogP contribution is 2.23. The molecule has 2 aromatic carbocycles. The summed E-state index contributed by atoms with van der Waals surface area (Å²) in [5.41, 5.74) is 1.41. The molecule has 0 aliphatic heterocycles. The van der Waals surface area contributed by atoms with Crippen molar-refractivity contribution in [3.63, 3.8) is 0 Å². The van der Waals surface area contributed by atoms with Crippen LogP contribution in [0, 0.1) is 0 Å². The van der Waals surface area contributed by atoms with Crippen LogP contribution in [0.3, 0.4) is 0 Å². The van der Waals surface area contributed by atoms with E-state index >= 15 is 0 Å². The highest BCUT2D eigenvalue weighted by molar-refractivity contribution is 6.31. The van der Waals surface area contributed by atoms with Crippen LogP contribution >= 0.6 is 11.6 Å². The van der Waals surface area contributed by atoms with Gasteiger partial charge in [0, 0.05) is 21.7 Å². The fraction of sp³-hybridized carbons (Fsp3) is 0.105. The third kappa shape index (κ3) is 4.10. The number of hydrogen-bond acceptors (Lipinski definition) is 5. The van der Waals surface area contributed by atoms with Crippen LogP contribution in [0.5, 0.6) is 0 Å². The minimum absolute atomic E-state index is 0.0198. The van der Waals surface area contributed by atoms with E-state index in [0.717, 1.165) is 0 Å². The molecule has 0 fully saturated rings. The van der Waals surface area contributed by atoms with Gasteiger partial charge >= 0.3 is 5.97 Å². The van der Waals surface area contributed by atoms with E-state index in [1.54, 1.807) is 42.5 Å². The van der Waals surface area contributed by atoms with Crippen LogP contribution < -0.4 is 5.32 Å². The van der Waals surface area contributed by atoms with Crippen LogP contribution in [-0.4, -0.2) is 24.3 Å². The molecule has 1 amide bonds. The standard InChI is InChI=1S/C19H14ClNO5/c1-11(22)12-3-2-4-15(8-12)21-18(23)10-25-19(24)17-9-13-7-14(20)5-6-16(13)26-17/h2-9H,10H2,1H3,(H,21,23). The molecule has 1 aromatic heterocycles. The Morgan fingerprint density at radius 1 is 1.12 bits per heavy atom. The Hall–Kier alpha value is -3.12. The minimum atomic E-state index is -0.759. The summed E-state index contributed by atoms with van der Waals surface area (Å²) in [6, 6.07) is 12.9. The molecule has 0 atom stereocenters. The van der Waals surface area contributed by atoms with Gasteiger partial charge in [0.05, 0.1) is 0 Å². The molecule has 0 saturated carbocycles. The Labute approximate surface area is 153 Å². The van der Waals surface area contributed by atoms with Crippen LogP contribution in [0.4, 0.5) is 5.69 Å². The zero-order valence-electron chi connectivity index (χ0n) is 13.7. The van der Waals surface area contributed by atoms with Crippen LogP contribution in [-0.2, 0) is 9.53 Å². The van der Waals surface area contributed by atoms with Crippen molar-refractivity contribution < 1.29 is 23.5 Å². The maximum Gasteiger partial charge on any atom is 0.374 e. The van der Waals surface area contributed by atoms with Gasteiger partial charge < -0.3 is 14.5 Å². The number of hydrogen-bond donors (Lipinski definition) is 1. The molecule has 26 heavy (non-hydrogen) atoms. The molecule has 0 aliphatic carbocycles. The highest BCUT2D eigenvalue weighted by Gasteiger charge is 2.16. The van der Waals surface area contributed by atoms with E-state index in [1.807, 2.05) is 0 Å². The number of ketones is 1. The fourth-order valence-corrected chi connectivity index (χ4v) is 2.51. The second-order valence-electron chi connectivity index (χ2n) is 5.55. The van der Waals surface area contributed by atoms with Crippen LogP contribution in [0.2, 0.25) is 5.02 Å². The van der Waals surface area contributed by atoms with Crippen molar-refractivity contribution in [3.8, 4) is 0 Å². The van der Waals surface area contributed by atoms with E-state index in [0.29, 0.717) is 27.2 Å². The van der Waals surface area contributed by atoms with Crippen molar-refractivity contribution in [2.24, 2.45) is 0 Å². The van der Waals surface area contributed by atoms with E-state index in [9.17, 15) is 14.4 Å². The summed E-state index contributed by atoms with van der Waals surface area (Å²) in [7, 11) is 0. The minimum Gasteiger partial charge on any atom is -0.450 e. The molecule has 1 heterocycles. The Bertz CT molecular complexity index is 1010. The van der Waals surface area contributed by atoms with Gasteiger partial charge in [0.1, 0.15) is 5.58 Å². The zero-order chi connectivity index (χ0) is 18.7. The molecule has 0 bridgehead atoms. The number of nitrogens with one attached hydrogen (secondary N) is 1. The van der Waals surface area contributed by atoms with E-state index in [-0.39, 0.29) is 11.5 Å². The second-order valence-corrected chi connectivity index (χ2v) is 5.99. The van der Waals surface area contributed by atoms with Crippen LogP contribution in [0.25, 0.3) is 11.0 Å². The molecule has 3 rings (SSSR count). The summed E-state index contributed by atoms with van der Waals surface area (Å²) in [6.45, 7) is 0.949. The van der Waals surface area contributed by atoms with Crippen molar-refractivity contribution in [2.45, 2.75) is 6.92 Å². The Kier molecular flexibility index (Phi) is 5.04. The van der Waals surface area contributed by atoms with Crippen LogP contribution in [0.1, 0.15) is 27.8 Å². The van der Waals surface area contributed by atoms with Crippen LogP contribution in [0.15, 0.2) is 52.9 Å². The van der Waals surface area contributed by atoms with Crippen molar-refractivity contribution in [3.05, 3.63) is 64.9 Å². The normalized spacial score (nSPS) is 10.5. The number of ether oxygens (including phenoxy) is 1. The monoisotopic (exact) mass is 371 g/mol. The SMILES string of the molecule is CC(=O)c1cccc(NC(=O)COC(=O)c2cc3cc(Cl)ccc3o2)c1. The molecule has 3 aromatic rings. The summed E-state index contributed by atoms with van der Waals surface area (Å²) in [5.74, 6) is -1.42. The molecule has 0 saturated heterocycles. The van der Waals surface area contributed by atoms with Gasteiger partial charge in [-0.1, -0.05) is 23.7 Å². The number of rotatable bonds is 5. The Morgan fingerprint density at radius 3 is 2.69 bits per heavy atom. The molecule has 0 aliphatic rings. The quantitative estimate of drug-likeness (QED) is 0.539. The van der Waals surface area contributed by atoms with Gasteiger partial charge in [0.25, 0.3) is 5.91 Å². The maximum atomic E-state index is 12.0. The first-order valence-corrected chi connectivity index (χ1v) is 8.07. The lowest BCUT2D eigenvalue weighted by atomic mass is 10.1. The lowest BCUT2D eigenvalue weighted by Crippen LogP contribution is -2.20. The average molecular weight is 372 g/mol. The van der Waals surface area contributed by atoms with E-state index < -0.39 is 18.5 Å². The van der Waals surface area contributed by atoms with Gasteiger partial charge in [0.15, 0.2) is 12.4 Å². The first-order chi connectivity index (χ1) is 12.4. The van der Waals surface area contributed by atoms with Gasteiger partial charge in [-0.25, -0.2) is 4.79 Å². The van der Waals surface area contributed by atoms with Gasteiger partial charge in [-0.15, -0.1) is 0 Å². The number of fused-ring (bicyclic) bond motifs is 1. The van der Waals surface area contributed by atoms with Gasteiger partial charge in [-0.3, -0.25) is 9.59 Å². The number of Topliss-reactive ketones (excluding diaryl/α,β-unsaturated/α-hetero) is 1. The molecule has 0 spiro atoms. The van der Waals surface area contributed by atoms with Crippen molar-refractivity contribution >= 4 is 45.9 Å². The molecule has 0 radical (unpaired) electrons. The molecule has 1 N–H and O–H groups in total. The summed E-state index contributed by atoms with van der Waals surface area (Å²) in [6.07, 6.45) is 0. The molecular formula is C19H14ClNO5. The smallest absolute Gasteiger partial charge is 0.374 e. The largest absolute Gasteiger partial charge is 0.450 e. The van der Waals surface area contributed by atoms with Crippen molar-refractivity contribution in [1.29, 1.82) is 0 Å². The third-order valence-electron chi connectivity index (χ3n) is 3.57. The summed E-state index contributed by atoms with van der Waals surface area (Å²) in [4.78, 5) is 35.3. The first-order valence-electron chi connectivity index (χ1n) is 7.69. The summed E-state index contributed by atoms with van der Waals surface area (Å²) >= 11 is 5.89. The molecule has 132 valence electrons. The van der Waals surface area contributed by atoms with Gasteiger partial charge in [-0.2, -0.15) is 0 Å². The number of benzene rings is 2.